The van der Waals surface area contributed by atoms with E-state index in [0.29, 0.717) is 5.92 Å². The zero-order chi connectivity index (χ0) is 12.3. The summed E-state index contributed by atoms with van der Waals surface area (Å²) in [6, 6.07) is 5.12. The molecule has 0 atom stereocenters. The Bertz CT molecular complexity index is 356. The average molecular weight is 243 g/mol. The van der Waals surface area contributed by atoms with Gasteiger partial charge in [-0.3, -0.25) is 0 Å². The van der Waals surface area contributed by atoms with Crippen LogP contribution in [0.1, 0.15) is 46.1 Å². The normalized spacial score (nSPS) is 12.2. The predicted octanol–water partition coefficient (Wildman–Crippen LogP) is 5.19. The van der Waals surface area contributed by atoms with Crippen LogP contribution in [-0.2, 0) is 5.41 Å². The first kappa shape index (κ1) is 13.5. The molecule has 1 aromatic carbocycles. The van der Waals surface area contributed by atoms with Crippen LogP contribution in [0, 0.1) is 11.7 Å². The standard InChI is InChI=1S/C14H20ClF/c1-10(2)7-8-14(3,4)11-5-6-12(15)13(16)9-11/h5-6,9-10H,7-8H2,1-4H3. The predicted molar refractivity (Wildman–Crippen MR) is 68.5 cm³/mol. The van der Waals surface area contributed by atoms with Crippen molar-refractivity contribution in [1.82, 2.24) is 0 Å². The lowest BCUT2D eigenvalue weighted by Crippen LogP contribution is -2.18. The van der Waals surface area contributed by atoms with Crippen molar-refractivity contribution < 1.29 is 4.39 Å². The summed E-state index contributed by atoms with van der Waals surface area (Å²) in [6.45, 7) is 8.72. The van der Waals surface area contributed by atoms with Gasteiger partial charge in [0.1, 0.15) is 5.82 Å². The quantitative estimate of drug-likeness (QED) is 0.681. The topological polar surface area (TPSA) is 0 Å². The van der Waals surface area contributed by atoms with Crippen molar-refractivity contribution in [3.8, 4) is 0 Å². The Morgan fingerprint density at radius 2 is 1.94 bits per heavy atom. The van der Waals surface area contributed by atoms with Crippen molar-refractivity contribution in [2.45, 2.75) is 46.0 Å². The molecule has 0 saturated carbocycles. The second-order valence-corrected chi connectivity index (χ2v) is 5.85. The monoisotopic (exact) mass is 242 g/mol. The zero-order valence-corrected chi connectivity index (χ0v) is 11.2. The van der Waals surface area contributed by atoms with E-state index in [-0.39, 0.29) is 16.3 Å². The molecule has 0 aliphatic carbocycles. The second kappa shape index (κ2) is 5.18. The van der Waals surface area contributed by atoms with E-state index in [1.165, 1.54) is 0 Å². The molecule has 0 spiro atoms. The van der Waals surface area contributed by atoms with E-state index < -0.39 is 0 Å². The third-order valence-corrected chi connectivity index (χ3v) is 3.35. The maximum absolute atomic E-state index is 13.4. The fraction of sp³-hybridized carbons (Fsp3) is 0.571. The first-order valence-electron chi connectivity index (χ1n) is 5.78. The minimum absolute atomic E-state index is 0.00962. The number of hydrogen-bond acceptors (Lipinski definition) is 0. The van der Waals surface area contributed by atoms with E-state index in [1.807, 2.05) is 6.07 Å². The Kier molecular flexibility index (Phi) is 4.37. The Morgan fingerprint density at radius 3 is 2.44 bits per heavy atom. The summed E-state index contributed by atoms with van der Waals surface area (Å²) in [5, 5.41) is 0.198. The molecular formula is C14H20ClF. The SMILES string of the molecule is CC(C)CCC(C)(C)c1ccc(Cl)c(F)c1. The van der Waals surface area contributed by atoms with Gasteiger partial charge in [0, 0.05) is 0 Å². The molecule has 0 radical (unpaired) electrons. The number of hydrogen-bond donors (Lipinski definition) is 0. The Balaban J connectivity index is 2.84. The van der Waals surface area contributed by atoms with Crippen molar-refractivity contribution in [3.63, 3.8) is 0 Å². The van der Waals surface area contributed by atoms with Crippen LogP contribution < -0.4 is 0 Å². The smallest absolute Gasteiger partial charge is 0.142 e. The molecule has 0 aliphatic heterocycles. The van der Waals surface area contributed by atoms with Crippen LogP contribution in [-0.4, -0.2) is 0 Å². The highest BCUT2D eigenvalue weighted by atomic mass is 35.5. The van der Waals surface area contributed by atoms with E-state index in [4.69, 9.17) is 11.6 Å². The van der Waals surface area contributed by atoms with Crippen LogP contribution >= 0.6 is 11.6 Å². The maximum Gasteiger partial charge on any atom is 0.142 e. The van der Waals surface area contributed by atoms with Gasteiger partial charge in [-0.25, -0.2) is 4.39 Å². The molecule has 0 aromatic heterocycles. The van der Waals surface area contributed by atoms with Gasteiger partial charge in [-0.1, -0.05) is 51.8 Å². The fourth-order valence-corrected chi connectivity index (χ4v) is 1.83. The molecule has 16 heavy (non-hydrogen) atoms. The van der Waals surface area contributed by atoms with Crippen LogP contribution in [0.5, 0.6) is 0 Å². The molecule has 0 aliphatic rings. The molecule has 1 rings (SSSR count). The molecule has 0 bridgehead atoms. The molecule has 0 N–H and O–H groups in total. The van der Waals surface area contributed by atoms with Gasteiger partial charge in [0.25, 0.3) is 0 Å². The number of rotatable bonds is 4. The zero-order valence-electron chi connectivity index (χ0n) is 10.5. The maximum atomic E-state index is 13.4. The first-order chi connectivity index (χ1) is 7.33. The molecule has 0 heterocycles. The van der Waals surface area contributed by atoms with Gasteiger partial charge < -0.3 is 0 Å². The number of benzene rings is 1. The van der Waals surface area contributed by atoms with Gasteiger partial charge in [0.15, 0.2) is 0 Å². The Labute approximate surface area is 103 Å². The van der Waals surface area contributed by atoms with E-state index in [0.717, 1.165) is 18.4 Å². The van der Waals surface area contributed by atoms with Crippen molar-refractivity contribution in [1.29, 1.82) is 0 Å². The second-order valence-electron chi connectivity index (χ2n) is 5.45. The summed E-state index contributed by atoms with van der Waals surface area (Å²) in [6.07, 6.45) is 2.21. The molecule has 1 aromatic rings. The van der Waals surface area contributed by atoms with Crippen LogP contribution in [0.3, 0.4) is 0 Å². The molecule has 90 valence electrons. The summed E-state index contributed by atoms with van der Waals surface area (Å²) in [4.78, 5) is 0. The van der Waals surface area contributed by atoms with Crippen LogP contribution in [0.25, 0.3) is 0 Å². The minimum atomic E-state index is -0.322. The van der Waals surface area contributed by atoms with Gasteiger partial charge in [-0.2, -0.15) is 0 Å². The van der Waals surface area contributed by atoms with Crippen LogP contribution in [0.15, 0.2) is 18.2 Å². The lowest BCUT2D eigenvalue weighted by atomic mass is 9.79. The molecule has 0 amide bonds. The van der Waals surface area contributed by atoms with E-state index in [1.54, 1.807) is 12.1 Å². The summed E-state index contributed by atoms with van der Waals surface area (Å²) in [5.41, 5.74) is 1.03. The Morgan fingerprint density at radius 1 is 1.31 bits per heavy atom. The first-order valence-corrected chi connectivity index (χ1v) is 6.16. The lowest BCUT2D eigenvalue weighted by Gasteiger charge is -2.26. The highest BCUT2D eigenvalue weighted by Gasteiger charge is 2.21. The van der Waals surface area contributed by atoms with Gasteiger partial charge in [0.05, 0.1) is 5.02 Å². The largest absolute Gasteiger partial charge is 0.205 e. The van der Waals surface area contributed by atoms with Crippen LogP contribution in [0.2, 0.25) is 5.02 Å². The summed E-state index contributed by atoms with van der Waals surface area (Å²) < 4.78 is 13.4. The van der Waals surface area contributed by atoms with E-state index in [2.05, 4.69) is 27.7 Å². The van der Waals surface area contributed by atoms with E-state index in [9.17, 15) is 4.39 Å². The van der Waals surface area contributed by atoms with Gasteiger partial charge >= 0.3 is 0 Å². The third kappa shape index (κ3) is 3.48. The summed E-state index contributed by atoms with van der Waals surface area (Å²) in [7, 11) is 0. The summed E-state index contributed by atoms with van der Waals surface area (Å²) >= 11 is 5.68. The fourth-order valence-electron chi connectivity index (χ4n) is 1.71. The molecule has 0 saturated heterocycles. The van der Waals surface area contributed by atoms with Crippen molar-refractivity contribution in [2.24, 2.45) is 5.92 Å². The highest BCUT2D eigenvalue weighted by molar-refractivity contribution is 6.30. The third-order valence-electron chi connectivity index (χ3n) is 3.05. The summed E-state index contributed by atoms with van der Waals surface area (Å²) in [5.74, 6) is 0.355. The average Bonchev–Trinajstić information content (AvgIpc) is 2.19. The van der Waals surface area contributed by atoms with Gasteiger partial charge in [0.2, 0.25) is 0 Å². The molecule has 0 fully saturated rings. The van der Waals surface area contributed by atoms with E-state index >= 15 is 0 Å². The highest BCUT2D eigenvalue weighted by Crippen LogP contribution is 2.31. The van der Waals surface area contributed by atoms with Crippen molar-refractivity contribution in [2.75, 3.05) is 0 Å². The molecule has 2 heteroatoms. The van der Waals surface area contributed by atoms with Gasteiger partial charge in [-0.15, -0.1) is 0 Å². The number of halogens is 2. The molecular weight excluding hydrogens is 223 g/mol. The Hall–Kier alpha value is -0.560. The molecule has 0 nitrogen and oxygen atoms in total. The van der Waals surface area contributed by atoms with Crippen molar-refractivity contribution >= 4 is 11.6 Å². The van der Waals surface area contributed by atoms with Gasteiger partial charge in [-0.05, 0) is 35.4 Å². The van der Waals surface area contributed by atoms with Crippen molar-refractivity contribution in [3.05, 3.63) is 34.6 Å². The van der Waals surface area contributed by atoms with Crippen LogP contribution in [0.4, 0.5) is 4.39 Å². The molecule has 0 unspecified atom stereocenters. The minimum Gasteiger partial charge on any atom is -0.205 e. The lowest BCUT2D eigenvalue weighted by molar-refractivity contribution is 0.413.